The summed E-state index contributed by atoms with van der Waals surface area (Å²) in [6.07, 6.45) is 1.49. The van der Waals surface area contributed by atoms with Crippen molar-refractivity contribution in [2.45, 2.75) is 5.67 Å². The lowest BCUT2D eigenvalue weighted by Gasteiger charge is -2.42. The highest BCUT2D eigenvalue weighted by atomic mass is 32.2. The van der Waals surface area contributed by atoms with E-state index >= 15 is 0 Å². The predicted molar refractivity (Wildman–Crippen MR) is 57.7 cm³/mol. The van der Waals surface area contributed by atoms with Crippen molar-refractivity contribution >= 4 is 10.0 Å². The second kappa shape index (κ2) is 3.64. The van der Waals surface area contributed by atoms with Gasteiger partial charge in [-0.2, -0.15) is 4.31 Å². The van der Waals surface area contributed by atoms with Gasteiger partial charge in [0.15, 0.2) is 5.67 Å². The zero-order valence-corrected chi connectivity index (χ0v) is 9.32. The number of halogens is 1. The average molecular weight is 242 g/mol. The number of alkyl halides is 1. The highest BCUT2D eigenvalue weighted by molar-refractivity contribution is 7.92. The first kappa shape index (κ1) is 11.2. The molecule has 4 nitrogen and oxygen atoms in total. The summed E-state index contributed by atoms with van der Waals surface area (Å²) in [5.74, 6) is 0. The number of sulfonamides is 1. The summed E-state index contributed by atoms with van der Waals surface area (Å²) < 4.78 is 37.8. The minimum Gasteiger partial charge on any atom is -0.258 e. The molecule has 2 heterocycles. The lowest BCUT2D eigenvalue weighted by Crippen LogP contribution is -2.58. The fourth-order valence-corrected chi connectivity index (χ4v) is 2.57. The Morgan fingerprint density at radius 2 is 2.19 bits per heavy atom. The molecule has 1 saturated heterocycles. The fourth-order valence-electron chi connectivity index (χ4n) is 1.59. The molecule has 1 fully saturated rings. The molecule has 0 aliphatic carbocycles. The normalized spacial score (nSPS) is 20.1. The van der Waals surface area contributed by atoms with Crippen LogP contribution in [0.25, 0.3) is 0 Å². The van der Waals surface area contributed by atoms with Gasteiger partial charge in [-0.1, -0.05) is 12.6 Å². The van der Waals surface area contributed by atoms with Crippen molar-refractivity contribution in [1.82, 2.24) is 9.29 Å². The van der Waals surface area contributed by atoms with Crippen molar-refractivity contribution in [3.63, 3.8) is 0 Å². The van der Waals surface area contributed by atoms with Crippen LogP contribution in [0.4, 0.5) is 4.39 Å². The molecular weight excluding hydrogens is 231 g/mol. The molecule has 1 aliphatic heterocycles. The number of nitrogens with zero attached hydrogens (tertiary/aromatic N) is 2. The molecule has 0 bridgehead atoms. The molecule has 0 aromatic carbocycles. The van der Waals surface area contributed by atoms with Crippen molar-refractivity contribution in [3.8, 4) is 0 Å². The topological polar surface area (TPSA) is 50.3 Å². The minimum atomic E-state index is -3.51. The lowest BCUT2D eigenvalue weighted by atomic mass is 9.95. The molecule has 1 aromatic heterocycles. The number of pyridine rings is 1. The molecule has 0 spiro atoms. The second-order valence-corrected chi connectivity index (χ2v) is 5.54. The van der Waals surface area contributed by atoms with Crippen molar-refractivity contribution in [3.05, 3.63) is 42.1 Å². The Bertz CT molecular complexity index is 495. The van der Waals surface area contributed by atoms with Gasteiger partial charge >= 0.3 is 0 Å². The minimum absolute atomic E-state index is 0.196. The van der Waals surface area contributed by atoms with Crippen LogP contribution in [-0.4, -0.2) is 30.8 Å². The van der Waals surface area contributed by atoms with Crippen LogP contribution in [0.2, 0.25) is 0 Å². The summed E-state index contributed by atoms with van der Waals surface area (Å²) in [5, 5.41) is 0.824. The van der Waals surface area contributed by atoms with Crippen molar-refractivity contribution in [2.24, 2.45) is 0 Å². The van der Waals surface area contributed by atoms with E-state index in [1.54, 1.807) is 18.2 Å². The molecule has 0 N–H and O–H groups in total. The first-order valence-corrected chi connectivity index (χ1v) is 6.21. The Morgan fingerprint density at radius 3 is 2.69 bits per heavy atom. The first-order valence-electron chi connectivity index (χ1n) is 4.71. The molecular formula is C10H11FN2O2S. The predicted octanol–water partition coefficient (Wildman–Crippen LogP) is 1.04. The molecule has 86 valence electrons. The maximum Gasteiger partial charge on any atom is 0.235 e. The van der Waals surface area contributed by atoms with E-state index in [2.05, 4.69) is 11.6 Å². The van der Waals surface area contributed by atoms with Crippen LogP contribution in [-0.2, 0) is 15.7 Å². The summed E-state index contributed by atoms with van der Waals surface area (Å²) in [7, 11) is -3.51. The SMILES string of the molecule is C=CS(=O)(=O)N1CC(F)(c2ccccn2)C1. The molecule has 2 rings (SSSR count). The number of rotatable bonds is 3. The third-order valence-electron chi connectivity index (χ3n) is 2.55. The maximum atomic E-state index is 14.2. The fraction of sp³-hybridized carbons (Fsp3) is 0.300. The van der Waals surface area contributed by atoms with E-state index in [1.807, 2.05) is 0 Å². The number of hydrogen-bond acceptors (Lipinski definition) is 3. The summed E-state index contributed by atoms with van der Waals surface area (Å²) in [5.41, 5.74) is -1.40. The third-order valence-corrected chi connectivity index (χ3v) is 3.95. The van der Waals surface area contributed by atoms with Gasteiger partial charge in [0.2, 0.25) is 10.0 Å². The van der Waals surface area contributed by atoms with Crippen LogP contribution in [0.1, 0.15) is 5.69 Å². The van der Waals surface area contributed by atoms with Crippen molar-refractivity contribution in [1.29, 1.82) is 0 Å². The lowest BCUT2D eigenvalue weighted by molar-refractivity contribution is 0.0148. The highest BCUT2D eigenvalue weighted by Crippen LogP contribution is 2.36. The third kappa shape index (κ3) is 1.74. The van der Waals surface area contributed by atoms with Gasteiger partial charge in [0.1, 0.15) is 0 Å². The van der Waals surface area contributed by atoms with Crippen molar-refractivity contribution < 1.29 is 12.8 Å². The van der Waals surface area contributed by atoms with Crippen LogP contribution in [0.3, 0.4) is 0 Å². The molecule has 1 aliphatic rings. The molecule has 0 atom stereocenters. The van der Waals surface area contributed by atoms with Crippen molar-refractivity contribution in [2.75, 3.05) is 13.1 Å². The molecule has 6 heteroatoms. The van der Waals surface area contributed by atoms with E-state index in [9.17, 15) is 12.8 Å². The van der Waals surface area contributed by atoms with Gasteiger partial charge in [0.25, 0.3) is 0 Å². The van der Waals surface area contributed by atoms with E-state index in [0.29, 0.717) is 0 Å². The molecule has 0 unspecified atom stereocenters. The van der Waals surface area contributed by atoms with Gasteiger partial charge in [0.05, 0.1) is 18.8 Å². The number of aromatic nitrogens is 1. The Hall–Kier alpha value is -1.27. The largest absolute Gasteiger partial charge is 0.258 e. The Labute approximate surface area is 93.5 Å². The van der Waals surface area contributed by atoms with E-state index in [0.717, 1.165) is 9.71 Å². The van der Waals surface area contributed by atoms with E-state index in [4.69, 9.17) is 0 Å². The van der Waals surface area contributed by atoms with Gasteiger partial charge in [-0.25, -0.2) is 12.8 Å². The maximum absolute atomic E-state index is 14.2. The molecule has 0 amide bonds. The summed E-state index contributed by atoms with van der Waals surface area (Å²) in [4.78, 5) is 3.89. The van der Waals surface area contributed by atoms with Gasteiger partial charge < -0.3 is 0 Å². The summed E-state index contributed by atoms with van der Waals surface area (Å²) in [6, 6.07) is 4.91. The van der Waals surface area contributed by atoms with Crippen LogP contribution in [0.5, 0.6) is 0 Å². The zero-order valence-electron chi connectivity index (χ0n) is 8.51. The van der Waals surface area contributed by atoms with Crippen LogP contribution in [0.15, 0.2) is 36.4 Å². The van der Waals surface area contributed by atoms with Crippen LogP contribution >= 0.6 is 0 Å². The molecule has 1 aromatic rings. The first-order chi connectivity index (χ1) is 7.48. The zero-order chi connectivity index (χ0) is 11.8. The van der Waals surface area contributed by atoms with E-state index in [1.165, 1.54) is 6.20 Å². The van der Waals surface area contributed by atoms with E-state index in [-0.39, 0.29) is 18.8 Å². The van der Waals surface area contributed by atoms with Gasteiger partial charge in [-0.15, -0.1) is 0 Å². The van der Waals surface area contributed by atoms with Crippen LogP contribution < -0.4 is 0 Å². The molecule has 0 radical (unpaired) electrons. The quantitative estimate of drug-likeness (QED) is 0.795. The summed E-state index contributed by atoms with van der Waals surface area (Å²) in [6.45, 7) is 2.80. The Morgan fingerprint density at radius 1 is 1.50 bits per heavy atom. The van der Waals surface area contributed by atoms with Gasteiger partial charge in [-0.05, 0) is 12.1 Å². The molecule has 0 saturated carbocycles. The van der Waals surface area contributed by atoms with E-state index < -0.39 is 15.7 Å². The summed E-state index contributed by atoms with van der Waals surface area (Å²) >= 11 is 0. The Balaban J connectivity index is 2.16. The monoisotopic (exact) mass is 242 g/mol. The van der Waals surface area contributed by atoms with Crippen LogP contribution in [0, 0.1) is 0 Å². The average Bonchev–Trinajstić information content (AvgIpc) is 2.26. The second-order valence-electron chi connectivity index (χ2n) is 3.66. The van der Waals surface area contributed by atoms with Gasteiger partial charge in [0, 0.05) is 11.6 Å². The van der Waals surface area contributed by atoms with Gasteiger partial charge in [-0.3, -0.25) is 4.98 Å². The highest BCUT2D eigenvalue weighted by Gasteiger charge is 2.50. The smallest absolute Gasteiger partial charge is 0.235 e. The number of hydrogen-bond donors (Lipinski definition) is 0. The standard InChI is InChI=1S/C10H11FN2O2S/c1-2-16(14,15)13-7-10(11,8-13)9-5-3-4-6-12-9/h2-6H,1,7-8H2. The Kier molecular flexibility index (Phi) is 2.55. The molecule has 16 heavy (non-hydrogen) atoms.